The summed E-state index contributed by atoms with van der Waals surface area (Å²) >= 11 is 0. The van der Waals surface area contributed by atoms with Gasteiger partial charge in [0.05, 0.1) is 0 Å². The van der Waals surface area contributed by atoms with Crippen LogP contribution in [-0.2, 0) is 0 Å². The van der Waals surface area contributed by atoms with Gasteiger partial charge in [0.2, 0.25) is 0 Å². The summed E-state index contributed by atoms with van der Waals surface area (Å²) in [6.07, 6.45) is 6.53. The van der Waals surface area contributed by atoms with E-state index in [1.807, 2.05) is 0 Å². The van der Waals surface area contributed by atoms with Crippen molar-refractivity contribution in [3.63, 3.8) is 0 Å². The van der Waals surface area contributed by atoms with Crippen LogP contribution in [0.15, 0.2) is 0 Å². The third-order valence-corrected chi connectivity index (χ3v) is 1.97. The van der Waals surface area contributed by atoms with E-state index in [0.29, 0.717) is 6.04 Å². The van der Waals surface area contributed by atoms with Crippen LogP contribution in [0.1, 0.15) is 33.1 Å². The summed E-state index contributed by atoms with van der Waals surface area (Å²) in [5.74, 6) is 0.732. The van der Waals surface area contributed by atoms with Crippen molar-refractivity contribution >= 4 is 0 Å². The molecule has 59 valence electrons. The van der Waals surface area contributed by atoms with E-state index < -0.39 is 0 Å². The van der Waals surface area contributed by atoms with Crippen LogP contribution in [0, 0.1) is 12.3 Å². The molecule has 0 aromatic rings. The Labute approximate surface area is 64.2 Å². The Balaban J connectivity index is 2.13. The maximum absolute atomic E-state index is 3.49. The summed E-state index contributed by atoms with van der Waals surface area (Å²) in [4.78, 5) is 0. The molecule has 0 aromatic heterocycles. The van der Waals surface area contributed by atoms with E-state index in [0.717, 1.165) is 5.92 Å². The molecule has 0 saturated carbocycles. The molecule has 1 heterocycles. The van der Waals surface area contributed by atoms with Gasteiger partial charge in [-0.05, 0) is 31.7 Å². The Kier molecular flexibility index (Phi) is 3.20. The SMILES string of the molecule is CC(C)[CH]C1CCCCN1. The monoisotopic (exact) mass is 140 g/mol. The Bertz CT molecular complexity index is 82.7. The first-order valence-electron chi connectivity index (χ1n) is 4.37. The van der Waals surface area contributed by atoms with E-state index in [4.69, 9.17) is 0 Å². The summed E-state index contributed by atoms with van der Waals surface area (Å²) in [5, 5.41) is 3.49. The molecule has 0 aliphatic carbocycles. The van der Waals surface area contributed by atoms with Crippen molar-refractivity contribution in [1.29, 1.82) is 0 Å². The van der Waals surface area contributed by atoms with E-state index in [9.17, 15) is 0 Å². The van der Waals surface area contributed by atoms with Crippen molar-refractivity contribution in [2.45, 2.75) is 39.2 Å². The van der Waals surface area contributed by atoms with E-state index in [1.54, 1.807) is 0 Å². The molecule has 1 fully saturated rings. The quantitative estimate of drug-likeness (QED) is 0.618. The highest BCUT2D eigenvalue weighted by molar-refractivity contribution is 4.87. The second-order valence-electron chi connectivity index (χ2n) is 3.49. The highest BCUT2D eigenvalue weighted by Crippen LogP contribution is 2.13. The summed E-state index contributed by atoms with van der Waals surface area (Å²) in [5.41, 5.74) is 0. The van der Waals surface area contributed by atoms with E-state index >= 15 is 0 Å². The Hall–Kier alpha value is -0.0400. The molecule has 1 saturated heterocycles. The average Bonchev–Trinajstić information content (AvgIpc) is 1.88. The van der Waals surface area contributed by atoms with Gasteiger partial charge in [-0.25, -0.2) is 0 Å². The van der Waals surface area contributed by atoms with Gasteiger partial charge in [-0.2, -0.15) is 0 Å². The molecule has 1 atom stereocenters. The predicted octanol–water partition coefficient (Wildman–Crippen LogP) is 1.99. The maximum atomic E-state index is 3.49. The molecule has 1 N–H and O–H groups in total. The van der Waals surface area contributed by atoms with Crippen molar-refractivity contribution < 1.29 is 0 Å². The van der Waals surface area contributed by atoms with Crippen LogP contribution in [0.4, 0.5) is 0 Å². The molecular weight excluding hydrogens is 122 g/mol. The molecule has 0 amide bonds. The van der Waals surface area contributed by atoms with E-state index in [2.05, 4.69) is 25.6 Å². The largest absolute Gasteiger partial charge is 0.314 e. The Morgan fingerprint density at radius 1 is 1.40 bits per heavy atom. The minimum Gasteiger partial charge on any atom is -0.314 e. The summed E-state index contributed by atoms with van der Waals surface area (Å²) in [6, 6.07) is 0.703. The zero-order valence-electron chi connectivity index (χ0n) is 7.06. The molecule has 1 radical (unpaired) electrons. The van der Waals surface area contributed by atoms with Crippen molar-refractivity contribution in [2.24, 2.45) is 5.92 Å². The van der Waals surface area contributed by atoms with Gasteiger partial charge in [-0.15, -0.1) is 0 Å². The van der Waals surface area contributed by atoms with Crippen LogP contribution in [-0.4, -0.2) is 12.6 Å². The third-order valence-electron chi connectivity index (χ3n) is 1.97. The molecule has 10 heavy (non-hydrogen) atoms. The van der Waals surface area contributed by atoms with Crippen LogP contribution in [0.3, 0.4) is 0 Å². The summed E-state index contributed by atoms with van der Waals surface area (Å²) in [6.45, 7) is 5.71. The van der Waals surface area contributed by atoms with Gasteiger partial charge >= 0.3 is 0 Å². The minimum absolute atomic E-state index is 0.703. The first-order valence-corrected chi connectivity index (χ1v) is 4.37. The normalized spacial score (nSPS) is 27.3. The van der Waals surface area contributed by atoms with Gasteiger partial charge in [0.15, 0.2) is 0 Å². The Morgan fingerprint density at radius 2 is 2.20 bits per heavy atom. The van der Waals surface area contributed by atoms with Gasteiger partial charge in [0, 0.05) is 6.04 Å². The molecule has 1 unspecified atom stereocenters. The fourth-order valence-electron chi connectivity index (χ4n) is 1.51. The Morgan fingerprint density at radius 3 is 2.70 bits per heavy atom. The molecule has 0 spiro atoms. The molecule has 1 heteroatoms. The molecule has 0 aromatic carbocycles. The van der Waals surface area contributed by atoms with Crippen LogP contribution in [0.2, 0.25) is 0 Å². The third kappa shape index (κ3) is 2.70. The van der Waals surface area contributed by atoms with Gasteiger partial charge in [0.1, 0.15) is 0 Å². The average molecular weight is 140 g/mol. The fourth-order valence-corrected chi connectivity index (χ4v) is 1.51. The highest BCUT2D eigenvalue weighted by atomic mass is 14.9. The molecule has 0 bridgehead atoms. The lowest BCUT2D eigenvalue weighted by Crippen LogP contribution is -2.35. The first-order chi connectivity index (χ1) is 4.79. The first kappa shape index (κ1) is 8.06. The van der Waals surface area contributed by atoms with Crippen LogP contribution < -0.4 is 5.32 Å². The van der Waals surface area contributed by atoms with Crippen LogP contribution in [0.25, 0.3) is 0 Å². The van der Waals surface area contributed by atoms with E-state index in [1.165, 1.54) is 25.8 Å². The summed E-state index contributed by atoms with van der Waals surface area (Å²) in [7, 11) is 0. The predicted molar refractivity (Wildman–Crippen MR) is 44.8 cm³/mol. The summed E-state index contributed by atoms with van der Waals surface area (Å²) < 4.78 is 0. The van der Waals surface area contributed by atoms with Crippen LogP contribution >= 0.6 is 0 Å². The lowest BCUT2D eigenvalue weighted by Gasteiger charge is -2.24. The maximum Gasteiger partial charge on any atom is 0.0101 e. The minimum atomic E-state index is 0.703. The number of hydrogen-bond acceptors (Lipinski definition) is 1. The van der Waals surface area contributed by atoms with Crippen molar-refractivity contribution in [1.82, 2.24) is 5.32 Å². The van der Waals surface area contributed by atoms with Gasteiger partial charge in [0.25, 0.3) is 0 Å². The zero-order chi connectivity index (χ0) is 7.40. The number of hydrogen-bond donors (Lipinski definition) is 1. The van der Waals surface area contributed by atoms with Crippen molar-refractivity contribution in [3.05, 3.63) is 6.42 Å². The highest BCUT2D eigenvalue weighted by Gasteiger charge is 2.13. The smallest absolute Gasteiger partial charge is 0.0101 e. The number of piperidine rings is 1. The van der Waals surface area contributed by atoms with Crippen LogP contribution in [0.5, 0.6) is 0 Å². The molecular formula is C9H18N. The van der Waals surface area contributed by atoms with E-state index in [-0.39, 0.29) is 0 Å². The van der Waals surface area contributed by atoms with Crippen molar-refractivity contribution in [3.8, 4) is 0 Å². The number of nitrogens with one attached hydrogen (secondary N) is 1. The standard InChI is InChI=1S/C9H18N/c1-8(2)7-9-5-3-4-6-10-9/h7-10H,3-6H2,1-2H3. The molecule has 1 nitrogen and oxygen atoms in total. The lowest BCUT2D eigenvalue weighted by molar-refractivity contribution is 0.413. The zero-order valence-corrected chi connectivity index (χ0v) is 7.06. The molecule has 1 rings (SSSR count). The second kappa shape index (κ2) is 3.97. The lowest BCUT2D eigenvalue weighted by atomic mass is 9.96. The fraction of sp³-hybridized carbons (Fsp3) is 0.889. The topological polar surface area (TPSA) is 12.0 Å². The molecule has 1 aliphatic rings. The number of rotatable bonds is 2. The van der Waals surface area contributed by atoms with Crippen molar-refractivity contribution in [2.75, 3.05) is 6.54 Å². The molecule has 1 aliphatic heterocycles. The van der Waals surface area contributed by atoms with Gasteiger partial charge in [-0.3, -0.25) is 0 Å². The second-order valence-corrected chi connectivity index (χ2v) is 3.49. The van der Waals surface area contributed by atoms with Gasteiger partial charge < -0.3 is 5.32 Å². The van der Waals surface area contributed by atoms with Gasteiger partial charge in [-0.1, -0.05) is 20.3 Å².